The number of ether oxygens (including phenoxy) is 1. The monoisotopic (exact) mass is 209 g/mol. The molecule has 0 aromatic heterocycles. The smallest absolute Gasteiger partial charge is 0.160 e. The maximum atomic E-state index is 9.71. The van der Waals surface area contributed by atoms with Crippen LogP contribution in [0, 0.1) is 0 Å². The van der Waals surface area contributed by atoms with Crippen molar-refractivity contribution in [1.29, 1.82) is 0 Å². The van der Waals surface area contributed by atoms with Crippen LogP contribution >= 0.6 is 0 Å². The van der Waals surface area contributed by atoms with Crippen molar-refractivity contribution in [1.82, 2.24) is 5.32 Å². The number of phenols is 1. The predicted octanol–water partition coefficient (Wildman–Crippen LogP) is 0.796. The fourth-order valence-corrected chi connectivity index (χ4v) is 1.92. The van der Waals surface area contributed by atoms with Crippen molar-refractivity contribution in [3.8, 4) is 11.5 Å². The van der Waals surface area contributed by atoms with Gasteiger partial charge in [0.15, 0.2) is 11.5 Å². The summed E-state index contributed by atoms with van der Waals surface area (Å²) in [6, 6.07) is 5.08. The van der Waals surface area contributed by atoms with Crippen LogP contribution in [0.1, 0.15) is 18.0 Å². The summed E-state index contributed by atoms with van der Waals surface area (Å²) < 4.78 is 5.02. The van der Waals surface area contributed by atoms with Gasteiger partial charge >= 0.3 is 0 Å². The Kier molecular flexibility index (Phi) is 2.79. The number of aliphatic hydroxyl groups excluding tert-OH is 1. The van der Waals surface area contributed by atoms with Crippen molar-refractivity contribution < 1.29 is 14.9 Å². The molecule has 0 aliphatic carbocycles. The number of rotatable bonds is 2. The molecule has 0 spiro atoms. The quantitative estimate of drug-likeness (QED) is 0.674. The lowest BCUT2D eigenvalue weighted by atomic mass is 10.0. The summed E-state index contributed by atoms with van der Waals surface area (Å²) in [5.74, 6) is 0.558. The summed E-state index contributed by atoms with van der Waals surface area (Å²) in [6.07, 6.45) is 0.396. The fraction of sp³-hybridized carbons (Fsp3) is 0.455. The first-order chi connectivity index (χ1) is 7.22. The Morgan fingerprint density at radius 2 is 2.27 bits per heavy atom. The van der Waals surface area contributed by atoms with Crippen molar-refractivity contribution in [2.45, 2.75) is 18.6 Å². The average molecular weight is 209 g/mol. The first-order valence-electron chi connectivity index (χ1n) is 5.00. The Bertz CT molecular complexity index is 354. The van der Waals surface area contributed by atoms with Crippen LogP contribution < -0.4 is 10.1 Å². The molecule has 1 aromatic carbocycles. The molecule has 4 nitrogen and oxygen atoms in total. The van der Waals surface area contributed by atoms with Gasteiger partial charge in [-0.05, 0) is 30.7 Å². The number of nitrogens with one attached hydrogen (secondary N) is 1. The molecule has 0 radical (unpaired) electrons. The molecule has 2 rings (SSSR count). The third-order valence-electron chi connectivity index (χ3n) is 2.75. The van der Waals surface area contributed by atoms with Gasteiger partial charge in [-0.1, -0.05) is 6.07 Å². The van der Waals surface area contributed by atoms with Gasteiger partial charge in [0.05, 0.1) is 19.3 Å². The van der Waals surface area contributed by atoms with Crippen LogP contribution in [0.2, 0.25) is 0 Å². The highest BCUT2D eigenvalue weighted by atomic mass is 16.5. The van der Waals surface area contributed by atoms with Gasteiger partial charge in [0.2, 0.25) is 0 Å². The number of hydrogen-bond acceptors (Lipinski definition) is 4. The zero-order valence-electron chi connectivity index (χ0n) is 8.60. The molecule has 0 amide bonds. The van der Waals surface area contributed by atoms with E-state index in [0.717, 1.165) is 18.5 Å². The third-order valence-corrected chi connectivity index (χ3v) is 2.75. The molecule has 4 heteroatoms. The van der Waals surface area contributed by atoms with E-state index in [9.17, 15) is 10.2 Å². The van der Waals surface area contributed by atoms with Gasteiger partial charge in [-0.2, -0.15) is 0 Å². The van der Waals surface area contributed by atoms with E-state index in [1.807, 2.05) is 0 Å². The Morgan fingerprint density at radius 3 is 2.87 bits per heavy atom. The number of aliphatic hydroxyl groups is 1. The van der Waals surface area contributed by atoms with Crippen LogP contribution in [0.5, 0.6) is 11.5 Å². The van der Waals surface area contributed by atoms with Gasteiger partial charge in [0, 0.05) is 0 Å². The third kappa shape index (κ3) is 1.91. The summed E-state index contributed by atoms with van der Waals surface area (Å²) in [4.78, 5) is 0. The first-order valence-corrected chi connectivity index (χ1v) is 5.00. The van der Waals surface area contributed by atoms with Crippen molar-refractivity contribution >= 4 is 0 Å². The largest absolute Gasteiger partial charge is 0.504 e. The molecule has 1 fully saturated rings. The lowest BCUT2D eigenvalue weighted by Gasteiger charge is -2.16. The molecule has 1 aliphatic heterocycles. The van der Waals surface area contributed by atoms with Crippen LogP contribution in [0.3, 0.4) is 0 Å². The highest BCUT2D eigenvalue weighted by Crippen LogP contribution is 2.31. The Balaban J connectivity index is 2.28. The maximum absolute atomic E-state index is 9.71. The molecular formula is C11H15NO3. The van der Waals surface area contributed by atoms with Crippen molar-refractivity contribution in [2.75, 3.05) is 13.7 Å². The molecule has 0 bridgehead atoms. The number of methoxy groups -OCH3 is 1. The van der Waals surface area contributed by atoms with Crippen LogP contribution in [0.4, 0.5) is 0 Å². The van der Waals surface area contributed by atoms with Crippen molar-refractivity contribution in [2.24, 2.45) is 0 Å². The molecule has 1 aromatic rings. The van der Waals surface area contributed by atoms with E-state index >= 15 is 0 Å². The molecule has 1 saturated heterocycles. The number of aromatic hydroxyl groups is 1. The van der Waals surface area contributed by atoms with Gasteiger partial charge < -0.3 is 20.3 Å². The minimum atomic E-state index is -0.362. The number of benzene rings is 1. The maximum Gasteiger partial charge on any atom is 0.160 e. The van der Waals surface area contributed by atoms with Gasteiger partial charge in [-0.15, -0.1) is 0 Å². The second-order valence-corrected chi connectivity index (χ2v) is 3.72. The molecule has 0 saturated carbocycles. The Labute approximate surface area is 88.5 Å². The normalized spacial score (nSPS) is 25.5. The first kappa shape index (κ1) is 10.3. The van der Waals surface area contributed by atoms with E-state index in [0.29, 0.717) is 5.75 Å². The average Bonchev–Trinajstić information content (AvgIpc) is 2.65. The lowest BCUT2D eigenvalue weighted by molar-refractivity contribution is 0.160. The number of hydrogen-bond donors (Lipinski definition) is 3. The molecule has 1 heterocycles. The van der Waals surface area contributed by atoms with Gasteiger partial charge in [0.25, 0.3) is 0 Å². The van der Waals surface area contributed by atoms with E-state index in [2.05, 4.69) is 5.32 Å². The van der Waals surface area contributed by atoms with Crippen LogP contribution in [-0.2, 0) is 0 Å². The molecule has 82 valence electrons. The summed E-state index contributed by atoms with van der Waals surface area (Å²) in [5, 5.41) is 22.4. The summed E-state index contributed by atoms with van der Waals surface area (Å²) in [7, 11) is 1.51. The molecular weight excluding hydrogens is 194 g/mol. The highest BCUT2D eigenvalue weighted by molar-refractivity contribution is 5.43. The Hall–Kier alpha value is -1.26. The molecule has 2 atom stereocenters. The highest BCUT2D eigenvalue weighted by Gasteiger charge is 2.26. The minimum absolute atomic E-state index is 0.0560. The molecule has 15 heavy (non-hydrogen) atoms. The standard InChI is InChI=1S/C11H15NO3/c1-15-10-6-7(2-3-8(10)13)11-9(14)4-5-12-11/h2-3,6,9,11-14H,4-5H2,1H3/t9-,11+/m1/s1. The van der Waals surface area contributed by atoms with E-state index in [4.69, 9.17) is 4.74 Å². The van der Waals surface area contributed by atoms with Crippen molar-refractivity contribution in [3.63, 3.8) is 0 Å². The SMILES string of the molecule is COc1cc([C@@H]2NCC[C@H]2O)ccc1O. The van der Waals surface area contributed by atoms with E-state index in [-0.39, 0.29) is 17.9 Å². The van der Waals surface area contributed by atoms with Gasteiger partial charge in [-0.3, -0.25) is 0 Å². The number of phenolic OH excluding ortho intramolecular Hbond substituents is 1. The zero-order valence-corrected chi connectivity index (χ0v) is 8.60. The van der Waals surface area contributed by atoms with Gasteiger partial charge in [-0.25, -0.2) is 0 Å². The summed E-state index contributed by atoms with van der Waals surface area (Å²) in [6.45, 7) is 0.815. The predicted molar refractivity (Wildman–Crippen MR) is 56.0 cm³/mol. The van der Waals surface area contributed by atoms with Crippen LogP contribution in [-0.4, -0.2) is 30.0 Å². The van der Waals surface area contributed by atoms with E-state index < -0.39 is 0 Å². The summed E-state index contributed by atoms with van der Waals surface area (Å²) >= 11 is 0. The lowest BCUT2D eigenvalue weighted by Crippen LogP contribution is -2.20. The zero-order chi connectivity index (χ0) is 10.8. The summed E-state index contributed by atoms with van der Waals surface area (Å²) in [5.41, 5.74) is 0.939. The molecule has 3 N–H and O–H groups in total. The molecule has 0 unspecified atom stereocenters. The minimum Gasteiger partial charge on any atom is -0.504 e. The van der Waals surface area contributed by atoms with E-state index in [1.54, 1.807) is 18.2 Å². The van der Waals surface area contributed by atoms with Crippen molar-refractivity contribution in [3.05, 3.63) is 23.8 Å². The topological polar surface area (TPSA) is 61.7 Å². The van der Waals surface area contributed by atoms with E-state index in [1.165, 1.54) is 7.11 Å². The van der Waals surface area contributed by atoms with Gasteiger partial charge in [0.1, 0.15) is 0 Å². The van der Waals surface area contributed by atoms with Crippen LogP contribution in [0.15, 0.2) is 18.2 Å². The second kappa shape index (κ2) is 4.08. The Morgan fingerprint density at radius 1 is 1.47 bits per heavy atom. The molecule has 1 aliphatic rings. The van der Waals surface area contributed by atoms with Crippen LogP contribution in [0.25, 0.3) is 0 Å². The second-order valence-electron chi connectivity index (χ2n) is 3.72. The fourth-order valence-electron chi connectivity index (χ4n) is 1.92.